The molecular formula is C90H128F12O25. The Balaban J connectivity index is 0.000000135. The van der Waals surface area contributed by atoms with E-state index in [0.29, 0.717) is 89.4 Å². The minimum atomic E-state index is -4.99. The molecule has 0 unspecified atom stereocenters. The van der Waals surface area contributed by atoms with Crippen molar-refractivity contribution < 1.29 is 173 Å². The van der Waals surface area contributed by atoms with Crippen molar-refractivity contribution in [3.05, 3.63) is 37.0 Å². The van der Waals surface area contributed by atoms with Gasteiger partial charge < -0.3 is 71.1 Å². The van der Waals surface area contributed by atoms with Crippen LogP contribution in [-0.4, -0.2) is 176 Å². The predicted molar refractivity (Wildman–Crippen MR) is 412 cm³/mol. The predicted octanol–water partition coefficient (Wildman–Crippen LogP) is 19.1. The van der Waals surface area contributed by atoms with Crippen LogP contribution in [0.25, 0.3) is 0 Å². The number of hydrogen-bond donors (Lipinski definition) is 0. The molecule has 25 nitrogen and oxygen atoms in total. The number of fused-ring (bicyclic) bond motifs is 10. The Labute approximate surface area is 733 Å². The summed E-state index contributed by atoms with van der Waals surface area (Å²) in [4.78, 5) is 58.6. The lowest BCUT2D eigenvalue weighted by Gasteiger charge is -2.62. The number of hydrogen-bond acceptors (Lipinski definition) is 25. The normalized spacial score (nSPS) is 54.5. The molecule has 40 atom stereocenters. The van der Waals surface area contributed by atoms with Crippen LogP contribution in [0.3, 0.4) is 0 Å². The van der Waals surface area contributed by atoms with Crippen LogP contribution in [0.2, 0.25) is 0 Å². The fraction of sp³-hybridized carbons (Fsp3) is 0.933. The molecular weight excluding hydrogens is 1710 g/mol. The van der Waals surface area contributed by atoms with Gasteiger partial charge in [0.1, 0.15) is 0 Å². The molecule has 25 aliphatic rings. The van der Waals surface area contributed by atoms with E-state index in [4.69, 9.17) is 120 Å². The second kappa shape index (κ2) is 32.5. The molecule has 0 aromatic carbocycles. The molecule has 0 N–H and O–H groups in total. The first-order chi connectivity index (χ1) is 59.6. The zero-order valence-electron chi connectivity index (χ0n) is 75.0. The molecule has 0 amide bonds. The molecule has 722 valence electrons. The molecule has 5 saturated carbocycles. The van der Waals surface area contributed by atoms with Crippen LogP contribution >= 0.6 is 0 Å². The van der Waals surface area contributed by atoms with E-state index >= 15 is 39.5 Å². The summed E-state index contributed by atoms with van der Waals surface area (Å²) in [7, 11) is 0. The molecule has 127 heavy (non-hydrogen) atoms. The fourth-order valence-corrected chi connectivity index (χ4v) is 28.2. The third kappa shape index (κ3) is 14.2. The van der Waals surface area contributed by atoms with E-state index in [1.807, 2.05) is 13.8 Å². The van der Waals surface area contributed by atoms with Crippen LogP contribution in [-0.2, 0) is 120 Å². The summed E-state index contributed by atoms with van der Waals surface area (Å²) in [5.74, 6) is -23.1. The lowest BCUT2D eigenvalue weighted by atomic mass is 9.57. The lowest BCUT2D eigenvalue weighted by Crippen LogP contribution is -2.76. The van der Waals surface area contributed by atoms with Crippen LogP contribution in [0.4, 0.5) is 52.7 Å². The molecule has 10 bridgehead atoms. The minimum absolute atomic E-state index is 0.00124. The van der Waals surface area contributed by atoms with E-state index in [9.17, 15) is 13.2 Å². The summed E-state index contributed by atoms with van der Waals surface area (Å²) in [6, 6.07) is 0. The average Bonchev–Trinajstić information content (AvgIpc) is 1.69. The standard InChI is InChI=1S/C36H53F3O10.C35H48F6O10.C19H27F3O5/c1-20-10-12-26-22(3)32(7,44-28-33(26)24(20)14-16-30(5,42-28)46-48-33)40-18-8-9-19-41-35(36(37,38)39)23(4)27-13-11-21(2)25-15-17-31(6)43-29(45-35)34(25,27)49-47-31;1-18-8-10-24-20(3)32(34(36,37)38,46-27-30(24)22(18)12-13-26(44-27)48-50-30)42-16-6-7-17-43-33(35(39,40)41)21(4)25-11-9-19(2)23-14-15-29(5)45-28(47-33)31(23,25)51-49-29;1-5-10-23-18(19(20,21)22)12(3)14-7-6-11(2)13-8-9-16(4)24-15(25-18)17(13,14)27-26-16/h8-9,20-29H,10-19H2,1-7H3;6-7,18-28H,8-17H2,1-5H3;5,11-15H,1,6-10H2,2-4H3/b9-8+;7-6-;/t20-,21-,22-,23-,24+,25+,26+,27+,28+,29+,30-,31+,32+,33-,34-,35-;18-,19-,20-,21-,22+,23+,24+,25+,26-,27+,28+,29-,30-,31-,32-,33-;11-,12-,13+,14+,15+,16-,17-,18-/m111/s1. The van der Waals surface area contributed by atoms with Crippen LogP contribution in [0, 0.1) is 118 Å². The SMILES string of the molecule is C=CCO[C@@]1(C(F)(F)F)O[C@@H]2O[C@@]3(C)CC[C@H]4[C@H](C)CC[C@@H]([C@H]1C)[C@@]24OO3.C[C@@H]1CC[C@H]2[C@@H](C)[C@@](C)(OC/C=C/CO[C@@]3(C(F)(F)F)O[C@@H]4O[C@]5(C)CC[C@H]6[C@H](C)CC[C@@H]([C@H]3C)[C@@]46OO5)O[C@@H]3O[C@@]4(C)CC[C@@H]1[C@]32OO4.C[C@@H]1CC[C@H]2[C@@H](C)[C@](OC/C=C\CO[C@@]3(C(F)(F)F)O[C@@H]4O[C@@]5(C)CC[C@H]6[C@H](C)CC[C@@H]([C@H]3C)[C@@]46OO5)(C(F)(F)F)O[C@@H]3O[C@H]4CC[C@@H]1[C@]32OO4. The first kappa shape index (κ1) is 94.7. The van der Waals surface area contributed by atoms with Gasteiger partial charge in [0.05, 0.1) is 33.0 Å². The third-order valence-corrected chi connectivity index (χ3v) is 35.2. The van der Waals surface area contributed by atoms with Gasteiger partial charge in [-0.2, -0.15) is 52.7 Å². The van der Waals surface area contributed by atoms with Gasteiger partial charge in [0.15, 0.2) is 71.5 Å². The highest BCUT2D eigenvalue weighted by Crippen LogP contribution is 2.72. The van der Waals surface area contributed by atoms with Crippen LogP contribution in [0.15, 0.2) is 37.0 Å². The Morgan fingerprint density at radius 1 is 0.276 bits per heavy atom. The molecule has 5 spiro atoms. The molecule has 0 aromatic heterocycles. The molecule has 20 heterocycles. The monoisotopic (exact) mass is 1840 g/mol. The van der Waals surface area contributed by atoms with Crippen molar-refractivity contribution in [3.63, 3.8) is 0 Å². The summed E-state index contributed by atoms with van der Waals surface area (Å²) in [5.41, 5.74) is -5.38. The van der Waals surface area contributed by atoms with E-state index in [-0.39, 0.29) is 84.9 Å². The molecule has 25 rings (SSSR count). The second-order valence-electron chi connectivity index (χ2n) is 41.9. The van der Waals surface area contributed by atoms with E-state index in [1.165, 1.54) is 39.0 Å². The number of rotatable bonds is 15. The third-order valence-electron chi connectivity index (χ3n) is 35.2. The van der Waals surface area contributed by atoms with Crippen molar-refractivity contribution >= 4 is 0 Å². The van der Waals surface area contributed by atoms with Crippen molar-refractivity contribution in [3.8, 4) is 0 Å². The van der Waals surface area contributed by atoms with Crippen molar-refractivity contribution in [2.24, 2.45) is 118 Å². The minimum Gasteiger partial charge on any atom is -0.346 e. The molecule has 25 fully saturated rings. The highest BCUT2D eigenvalue weighted by molar-refractivity contribution is 5.19. The maximum atomic E-state index is 15.2. The van der Waals surface area contributed by atoms with Crippen molar-refractivity contribution in [1.82, 2.24) is 0 Å². The molecule has 37 heteroatoms. The first-order valence-electron chi connectivity index (χ1n) is 46.5. The van der Waals surface area contributed by atoms with E-state index < -0.39 is 203 Å². The van der Waals surface area contributed by atoms with Gasteiger partial charge in [0.25, 0.3) is 23.1 Å². The van der Waals surface area contributed by atoms with Gasteiger partial charge in [-0.05, 0) is 190 Å². The van der Waals surface area contributed by atoms with Gasteiger partial charge >= 0.3 is 24.7 Å². The topological polar surface area (TPSA) is 231 Å². The smallest absolute Gasteiger partial charge is 0.346 e. The summed E-state index contributed by atoms with van der Waals surface area (Å²) < 4.78 is 268. The van der Waals surface area contributed by atoms with Crippen molar-refractivity contribution in [1.29, 1.82) is 0 Å². The number of alkyl halides is 12. The average molecular weight is 1840 g/mol. The quantitative estimate of drug-likeness (QED) is 0.0842. The Bertz CT molecular complexity index is 4060. The zero-order valence-corrected chi connectivity index (χ0v) is 75.0. The van der Waals surface area contributed by atoms with Gasteiger partial charge in [0.2, 0.25) is 23.1 Å². The zero-order chi connectivity index (χ0) is 90.9. The molecule has 5 aliphatic carbocycles. The molecule has 0 aromatic rings. The summed E-state index contributed by atoms with van der Waals surface area (Å²) in [5, 5.41) is 0. The highest BCUT2D eigenvalue weighted by atomic mass is 19.4. The highest BCUT2D eigenvalue weighted by Gasteiger charge is 2.84. The first-order valence-corrected chi connectivity index (χ1v) is 46.5. The summed E-state index contributed by atoms with van der Waals surface area (Å²) in [6.45, 7) is 29.1. The Hall–Kier alpha value is -2.62. The number of halogens is 12. The van der Waals surface area contributed by atoms with Crippen LogP contribution in [0.1, 0.15) is 232 Å². The van der Waals surface area contributed by atoms with Crippen molar-refractivity contribution in [2.75, 3.05) is 33.0 Å². The summed E-state index contributed by atoms with van der Waals surface area (Å²) >= 11 is 0. The van der Waals surface area contributed by atoms with Gasteiger partial charge in [0, 0.05) is 91.3 Å². The van der Waals surface area contributed by atoms with Crippen molar-refractivity contribution in [2.45, 2.75) is 375 Å². The van der Waals surface area contributed by atoms with E-state index in [0.717, 1.165) is 44.9 Å². The Morgan fingerprint density at radius 2 is 0.528 bits per heavy atom. The van der Waals surface area contributed by atoms with Gasteiger partial charge in [-0.1, -0.05) is 99.6 Å². The molecule has 20 aliphatic heterocycles. The number of ether oxygens (including phenoxy) is 15. The van der Waals surface area contributed by atoms with Gasteiger partial charge in [-0.15, -0.1) is 6.58 Å². The Morgan fingerprint density at radius 3 is 0.827 bits per heavy atom. The largest absolute Gasteiger partial charge is 0.443 e. The fourth-order valence-electron chi connectivity index (χ4n) is 28.2. The van der Waals surface area contributed by atoms with E-state index in [2.05, 4.69) is 48.1 Å². The van der Waals surface area contributed by atoms with Gasteiger partial charge in [-0.25, -0.2) is 48.9 Å². The maximum absolute atomic E-state index is 15.2. The van der Waals surface area contributed by atoms with E-state index in [1.54, 1.807) is 39.8 Å². The van der Waals surface area contributed by atoms with Crippen LogP contribution in [0.5, 0.6) is 0 Å². The molecule has 0 radical (unpaired) electrons. The maximum Gasteiger partial charge on any atom is 0.443 e. The van der Waals surface area contributed by atoms with Crippen LogP contribution < -0.4 is 0 Å². The lowest BCUT2D eigenvalue weighted by molar-refractivity contribution is -0.598. The van der Waals surface area contributed by atoms with Gasteiger partial charge in [-0.3, -0.25) is 0 Å². The molecule has 20 saturated heterocycles. The Kier molecular flexibility index (Phi) is 24.3. The second-order valence-corrected chi connectivity index (χ2v) is 41.9. The summed E-state index contributed by atoms with van der Waals surface area (Å²) in [6.07, 6.45) is -6.27.